The van der Waals surface area contributed by atoms with Crippen molar-refractivity contribution in [2.75, 3.05) is 13.1 Å². The summed E-state index contributed by atoms with van der Waals surface area (Å²) in [5.41, 5.74) is -0.388. The maximum atomic E-state index is 12.6. The Labute approximate surface area is 128 Å². The highest BCUT2D eigenvalue weighted by molar-refractivity contribution is 7.89. The predicted octanol–water partition coefficient (Wildman–Crippen LogP) is 3.06. The van der Waals surface area contributed by atoms with Crippen LogP contribution in [0.3, 0.4) is 0 Å². The van der Waals surface area contributed by atoms with Gasteiger partial charge in [-0.3, -0.25) is 10.1 Å². The number of sulfonamides is 1. The van der Waals surface area contributed by atoms with Crippen molar-refractivity contribution < 1.29 is 13.3 Å². The third-order valence-corrected chi connectivity index (χ3v) is 5.94. The zero-order valence-electron chi connectivity index (χ0n) is 11.7. The van der Waals surface area contributed by atoms with E-state index in [1.165, 1.54) is 16.4 Å². The lowest BCUT2D eigenvalue weighted by molar-refractivity contribution is -0.384. The summed E-state index contributed by atoms with van der Waals surface area (Å²) in [7, 11) is -3.71. The van der Waals surface area contributed by atoms with Crippen LogP contribution < -0.4 is 0 Å². The minimum atomic E-state index is -3.71. The fourth-order valence-corrected chi connectivity index (χ4v) is 4.12. The molecular weight excluding hydrogens is 316 g/mol. The number of hydrogen-bond acceptors (Lipinski definition) is 4. The van der Waals surface area contributed by atoms with Crippen LogP contribution in [-0.2, 0) is 10.0 Å². The van der Waals surface area contributed by atoms with Gasteiger partial charge in [0.05, 0.1) is 9.82 Å². The van der Waals surface area contributed by atoms with Gasteiger partial charge in [0.15, 0.2) is 0 Å². The van der Waals surface area contributed by atoms with Crippen LogP contribution in [0.4, 0.5) is 5.69 Å². The van der Waals surface area contributed by atoms with Gasteiger partial charge in [0, 0.05) is 19.2 Å². The molecule has 0 bridgehead atoms. The van der Waals surface area contributed by atoms with Gasteiger partial charge in [-0.05, 0) is 37.3 Å². The molecule has 1 atom stereocenters. The molecule has 1 saturated heterocycles. The number of rotatable bonds is 3. The van der Waals surface area contributed by atoms with Gasteiger partial charge in [0.25, 0.3) is 5.69 Å². The molecule has 21 heavy (non-hydrogen) atoms. The monoisotopic (exact) mass is 332 g/mol. The summed E-state index contributed by atoms with van der Waals surface area (Å²) in [6, 6.07) is 3.61. The normalized spacial score (nSPS) is 21.0. The zero-order chi connectivity index (χ0) is 15.6. The first-order valence-corrected chi connectivity index (χ1v) is 8.58. The van der Waals surface area contributed by atoms with Gasteiger partial charge < -0.3 is 0 Å². The van der Waals surface area contributed by atoms with Crippen molar-refractivity contribution in [1.29, 1.82) is 0 Å². The molecule has 0 radical (unpaired) electrons. The first-order chi connectivity index (χ1) is 9.82. The Balaban J connectivity index is 2.35. The molecule has 116 valence electrons. The molecule has 1 aliphatic heterocycles. The number of nitro groups is 1. The largest absolute Gasteiger partial charge is 0.289 e. The van der Waals surface area contributed by atoms with E-state index in [2.05, 4.69) is 6.92 Å². The van der Waals surface area contributed by atoms with Crippen molar-refractivity contribution in [2.45, 2.75) is 31.1 Å². The Bertz CT molecular complexity index is 648. The van der Waals surface area contributed by atoms with Gasteiger partial charge in [0.1, 0.15) is 5.02 Å². The average molecular weight is 333 g/mol. The molecule has 0 saturated carbocycles. The van der Waals surface area contributed by atoms with Crippen LogP contribution in [0.1, 0.15) is 26.2 Å². The Morgan fingerprint density at radius 3 is 2.71 bits per heavy atom. The van der Waals surface area contributed by atoms with Crippen molar-refractivity contribution >= 4 is 27.3 Å². The van der Waals surface area contributed by atoms with Crippen molar-refractivity contribution in [3.8, 4) is 0 Å². The number of hydrogen-bond donors (Lipinski definition) is 0. The molecule has 0 aliphatic carbocycles. The van der Waals surface area contributed by atoms with Crippen LogP contribution in [0.5, 0.6) is 0 Å². The van der Waals surface area contributed by atoms with Gasteiger partial charge in [-0.1, -0.05) is 18.5 Å². The van der Waals surface area contributed by atoms with Crippen LogP contribution in [0.2, 0.25) is 5.02 Å². The van der Waals surface area contributed by atoms with Crippen LogP contribution in [0, 0.1) is 16.0 Å². The number of nitrogens with zero attached hydrogens (tertiary/aromatic N) is 2. The standard InChI is InChI=1S/C13H17ClN2O4S/c1-10-3-2-7-15(8-6-10)21(19,20)11-4-5-12(14)13(9-11)16(17)18/h4-5,9-10H,2-3,6-8H2,1H3. The van der Waals surface area contributed by atoms with Crippen LogP contribution in [-0.4, -0.2) is 30.7 Å². The molecule has 1 aromatic rings. The minimum absolute atomic E-state index is 0.0663. The van der Waals surface area contributed by atoms with E-state index in [1.54, 1.807) is 0 Å². The second-order valence-corrected chi connectivity index (χ2v) is 7.66. The quantitative estimate of drug-likeness (QED) is 0.629. The third-order valence-electron chi connectivity index (χ3n) is 3.73. The molecule has 1 aliphatic rings. The Kier molecular flexibility index (Phi) is 4.85. The molecule has 2 rings (SSSR count). The van der Waals surface area contributed by atoms with E-state index in [0.717, 1.165) is 25.3 Å². The van der Waals surface area contributed by atoms with Crippen molar-refractivity contribution in [3.63, 3.8) is 0 Å². The lowest BCUT2D eigenvalue weighted by Crippen LogP contribution is -2.32. The molecule has 1 unspecified atom stereocenters. The highest BCUT2D eigenvalue weighted by Gasteiger charge is 2.28. The minimum Gasteiger partial charge on any atom is -0.258 e. The van der Waals surface area contributed by atoms with E-state index in [0.29, 0.717) is 19.0 Å². The summed E-state index contributed by atoms with van der Waals surface area (Å²) in [4.78, 5) is 10.1. The van der Waals surface area contributed by atoms with E-state index >= 15 is 0 Å². The molecule has 1 heterocycles. The highest BCUT2D eigenvalue weighted by Crippen LogP contribution is 2.29. The molecule has 1 aromatic carbocycles. The topological polar surface area (TPSA) is 80.5 Å². The first kappa shape index (κ1) is 16.2. The summed E-state index contributed by atoms with van der Waals surface area (Å²) in [5, 5.41) is 10.8. The number of benzene rings is 1. The van der Waals surface area contributed by atoms with E-state index in [9.17, 15) is 18.5 Å². The fraction of sp³-hybridized carbons (Fsp3) is 0.538. The molecule has 1 fully saturated rings. The zero-order valence-corrected chi connectivity index (χ0v) is 13.2. The van der Waals surface area contributed by atoms with Crippen LogP contribution in [0.25, 0.3) is 0 Å². The smallest absolute Gasteiger partial charge is 0.258 e. The van der Waals surface area contributed by atoms with Gasteiger partial charge in [-0.2, -0.15) is 4.31 Å². The van der Waals surface area contributed by atoms with E-state index in [1.807, 2.05) is 0 Å². The van der Waals surface area contributed by atoms with Crippen LogP contribution in [0.15, 0.2) is 23.1 Å². The molecule has 0 N–H and O–H groups in total. The predicted molar refractivity (Wildman–Crippen MR) is 79.9 cm³/mol. The summed E-state index contributed by atoms with van der Waals surface area (Å²) in [6.07, 6.45) is 2.60. The number of halogens is 1. The Morgan fingerprint density at radius 1 is 1.33 bits per heavy atom. The molecule has 6 nitrogen and oxygen atoms in total. The van der Waals surface area contributed by atoms with Crippen LogP contribution >= 0.6 is 11.6 Å². The Hall–Kier alpha value is -1.18. The summed E-state index contributed by atoms with van der Waals surface area (Å²) < 4.78 is 26.6. The van der Waals surface area contributed by atoms with E-state index in [-0.39, 0.29) is 15.6 Å². The van der Waals surface area contributed by atoms with Crippen molar-refractivity contribution in [1.82, 2.24) is 4.31 Å². The fourth-order valence-electron chi connectivity index (χ4n) is 2.42. The van der Waals surface area contributed by atoms with Gasteiger partial charge >= 0.3 is 0 Å². The summed E-state index contributed by atoms with van der Waals surface area (Å²) in [5.74, 6) is 0.491. The Morgan fingerprint density at radius 2 is 2.05 bits per heavy atom. The first-order valence-electron chi connectivity index (χ1n) is 6.76. The SMILES string of the molecule is CC1CCCN(S(=O)(=O)c2ccc(Cl)c([N+](=O)[O-])c2)CC1. The van der Waals surface area contributed by atoms with Gasteiger partial charge in [-0.25, -0.2) is 8.42 Å². The van der Waals surface area contributed by atoms with Crippen molar-refractivity contribution in [3.05, 3.63) is 33.3 Å². The second kappa shape index (κ2) is 6.29. The maximum absolute atomic E-state index is 12.6. The third kappa shape index (κ3) is 3.53. The lowest BCUT2D eigenvalue weighted by Gasteiger charge is -2.20. The summed E-state index contributed by atoms with van der Waals surface area (Å²) in [6.45, 7) is 2.99. The highest BCUT2D eigenvalue weighted by atomic mass is 35.5. The molecule has 0 aromatic heterocycles. The maximum Gasteiger partial charge on any atom is 0.289 e. The van der Waals surface area contributed by atoms with E-state index < -0.39 is 14.9 Å². The van der Waals surface area contributed by atoms with Crippen molar-refractivity contribution in [2.24, 2.45) is 5.92 Å². The van der Waals surface area contributed by atoms with E-state index in [4.69, 9.17) is 11.6 Å². The van der Waals surface area contributed by atoms with Gasteiger partial charge in [-0.15, -0.1) is 0 Å². The lowest BCUT2D eigenvalue weighted by atomic mass is 10.0. The summed E-state index contributed by atoms with van der Waals surface area (Å²) >= 11 is 5.72. The molecule has 0 amide bonds. The molecule has 0 spiro atoms. The van der Waals surface area contributed by atoms with Gasteiger partial charge in [0.2, 0.25) is 10.0 Å². The number of nitro benzene ring substituents is 1. The average Bonchev–Trinajstić information content (AvgIpc) is 2.63. The molecular formula is C13H17ClN2O4S. The molecule has 8 heteroatoms. The second-order valence-electron chi connectivity index (χ2n) is 5.31.